The number of aromatic nitrogens is 3. The maximum atomic E-state index is 11.9. The van der Waals surface area contributed by atoms with Crippen molar-refractivity contribution in [3.63, 3.8) is 0 Å². The van der Waals surface area contributed by atoms with Crippen molar-refractivity contribution in [3.8, 4) is 11.4 Å². The van der Waals surface area contributed by atoms with E-state index in [0.717, 1.165) is 23.1 Å². The van der Waals surface area contributed by atoms with E-state index in [2.05, 4.69) is 9.97 Å². The zero-order valence-electron chi connectivity index (χ0n) is 15.3. The SMILES string of the molecule is NC(=O)C1CCCN1c1nc(-c2ccccc2)nc2[nH]c(CCC(=O)O)cc12. The molecule has 2 aromatic heterocycles. The molecule has 0 aliphatic carbocycles. The lowest BCUT2D eigenvalue weighted by molar-refractivity contribution is -0.137. The average molecular weight is 379 g/mol. The first-order valence-corrected chi connectivity index (χ1v) is 9.26. The molecule has 1 unspecified atom stereocenters. The molecule has 3 aromatic rings. The highest BCUT2D eigenvalue weighted by atomic mass is 16.4. The maximum absolute atomic E-state index is 11.9. The highest BCUT2D eigenvalue weighted by Gasteiger charge is 2.32. The van der Waals surface area contributed by atoms with Crippen LogP contribution in [0.15, 0.2) is 36.4 Å². The molecule has 1 aliphatic rings. The number of benzene rings is 1. The first-order valence-electron chi connectivity index (χ1n) is 9.26. The van der Waals surface area contributed by atoms with Gasteiger partial charge in [0.15, 0.2) is 5.82 Å². The first-order chi connectivity index (χ1) is 13.5. The summed E-state index contributed by atoms with van der Waals surface area (Å²) in [4.78, 5) is 37.4. The van der Waals surface area contributed by atoms with Crippen molar-refractivity contribution >= 4 is 28.7 Å². The number of fused-ring (bicyclic) bond motifs is 1. The Morgan fingerprint density at radius 3 is 2.75 bits per heavy atom. The Hall–Kier alpha value is -3.42. The second-order valence-electron chi connectivity index (χ2n) is 6.94. The van der Waals surface area contributed by atoms with Crippen molar-refractivity contribution in [2.75, 3.05) is 11.4 Å². The Morgan fingerprint density at radius 2 is 2.04 bits per heavy atom. The molecule has 1 atom stereocenters. The van der Waals surface area contributed by atoms with Crippen LogP contribution in [0.4, 0.5) is 5.82 Å². The summed E-state index contributed by atoms with van der Waals surface area (Å²) < 4.78 is 0. The van der Waals surface area contributed by atoms with Gasteiger partial charge in [0.25, 0.3) is 0 Å². The van der Waals surface area contributed by atoms with Gasteiger partial charge in [-0.3, -0.25) is 9.59 Å². The Bertz CT molecular complexity index is 1030. The van der Waals surface area contributed by atoms with E-state index in [0.29, 0.717) is 36.7 Å². The van der Waals surface area contributed by atoms with Gasteiger partial charge in [-0.1, -0.05) is 30.3 Å². The lowest BCUT2D eigenvalue weighted by atomic mass is 10.2. The number of nitrogens with two attached hydrogens (primary N) is 1. The number of aliphatic carboxylic acids is 1. The fraction of sp³-hybridized carbons (Fsp3) is 0.300. The van der Waals surface area contributed by atoms with E-state index in [1.807, 2.05) is 41.3 Å². The number of amides is 1. The molecule has 8 heteroatoms. The van der Waals surface area contributed by atoms with Crippen LogP contribution in [0, 0.1) is 0 Å². The summed E-state index contributed by atoms with van der Waals surface area (Å²) in [6.07, 6.45) is 1.94. The summed E-state index contributed by atoms with van der Waals surface area (Å²) in [5, 5.41) is 9.74. The Kier molecular flexibility index (Phi) is 4.68. The molecule has 1 aromatic carbocycles. The number of hydrogen-bond donors (Lipinski definition) is 3. The van der Waals surface area contributed by atoms with Gasteiger partial charge in [-0.05, 0) is 25.3 Å². The molecular weight excluding hydrogens is 358 g/mol. The molecule has 0 saturated carbocycles. The number of H-pyrrole nitrogens is 1. The monoisotopic (exact) mass is 379 g/mol. The summed E-state index contributed by atoms with van der Waals surface area (Å²) in [5.41, 5.74) is 7.87. The number of carbonyl (C=O) groups is 2. The van der Waals surface area contributed by atoms with E-state index >= 15 is 0 Å². The zero-order chi connectivity index (χ0) is 19.7. The van der Waals surface area contributed by atoms with Crippen LogP contribution in [0.2, 0.25) is 0 Å². The van der Waals surface area contributed by atoms with Crippen LogP contribution in [0.3, 0.4) is 0 Å². The Balaban J connectivity index is 1.84. The van der Waals surface area contributed by atoms with Crippen molar-refractivity contribution in [2.45, 2.75) is 31.7 Å². The van der Waals surface area contributed by atoms with E-state index in [9.17, 15) is 9.59 Å². The summed E-state index contributed by atoms with van der Waals surface area (Å²) in [5.74, 6) is -0.0248. The molecule has 1 saturated heterocycles. The number of aromatic amines is 1. The molecule has 1 amide bonds. The van der Waals surface area contributed by atoms with E-state index in [-0.39, 0.29) is 12.3 Å². The second kappa shape index (κ2) is 7.30. The molecule has 0 bridgehead atoms. The minimum absolute atomic E-state index is 0.0226. The third-order valence-electron chi connectivity index (χ3n) is 5.02. The van der Waals surface area contributed by atoms with Crippen molar-refractivity contribution in [2.24, 2.45) is 5.73 Å². The highest BCUT2D eigenvalue weighted by molar-refractivity contribution is 5.93. The van der Waals surface area contributed by atoms with Crippen molar-refractivity contribution in [3.05, 3.63) is 42.1 Å². The first kappa shape index (κ1) is 18.0. The standard InChI is InChI=1S/C20H21N5O3/c21-17(28)15-7-4-10-25(15)20-14-11-13(8-9-16(26)27)22-19(14)23-18(24-20)12-5-2-1-3-6-12/h1-3,5-6,11,15H,4,7-10H2,(H2,21,28)(H,26,27)(H,22,23,24). The average Bonchev–Trinajstić information content (AvgIpc) is 3.33. The summed E-state index contributed by atoms with van der Waals surface area (Å²) >= 11 is 0. The molecule has 1 aliphatic heterocycles. The maximum Gasteiger partial charge on any atom is 0.303 e. The van der Waals surface area contributed by atoms with Crippen LogP contribution in [0.1, 0.15) is 25.0 Å². The minimum atomic E-state index is -0.858. The van der Waals surface area contributed by atoms with Crippen LogP contribution >= 0.6 is 0 Å². The second-order valence-corrected chi connectivity index (χ2v) is 6.94. The molecular formula is C20H21N5O3. The molecule has 3 heterocycles. The number of aryl methyl sites for hydroxylation is 1. The summed E-state index contributed by atoms with van der Waals surface area (Å²) in [7, 11) is 0. The number of nitrogens with zero attached hydrogens (tertiary/aromatic N) is 3. The van der Waals surface area contributed by atoms with Crippen molar-refractivity contribution in [1.29, 1.82) is 0 Å². The van der Waals surface area contributed by atoms with Gasteiger partial charge in [-0.25, -0.2) is 9.97 Å². The van der Waals surface area contributed by atoms with Gasteiger partial charge < -0.3 is 20.7 Å². The summed E-state index contributed by atoms with van der Waals surface area (Å²) in [6, 6.07) is 11.1. The van der Waals surface area contributed by atoms with Gasteiger partial charge in [0, 0.05) is 17.8 Å². The highest BCUT2D eigenvalue weighted by Crippen LogP contribution is 2.33. The van der Waals surface area contributed by atoms with Crippen LogP contribution in [0.25, 0.3) is 22.4 Å². The van der Waals surface area contributed by atoms with E-state index in [1.165, 1.54) is 0 Å². The van der Waals surface area contributed by atoms with Crippen LogP contribution < -0.4 is 10.6 Å². The normalized spacial score (nSPS) is 16.6. The van der Waals surface area contributed by atoms with Crippen molar-refractivity contribution < 1.29 is 14.7 Å². The van der Waals surface area contributed by atoms with Gasteiger partial charge in [-0.15, -0.1) is 0 Å². The van der Waals surface area contributed by atoms with E-state index < -0.39 is 12.0 Å². The fourth-order valence-corrected chi connectivity index (χ4v) is 3.68. The molecule has 28 heavy (non-hydrogen) atoms. The number of rotatable bonds is 6. The molecule has 0 spiro atoms. The number of anilines is 1. The Labute approximate surface area is 161 Å². The molecule has 144 valence electrons. The van der Waals surface area contributed by atoms with Gasteiger partial charge in [0.2, 0.25) is 5.91 Å². The smallest absolute Gasteiger partial charge is 0.303 e. The van der Waals surface area contributed by atoms with Gasteiger partial charge in [-0.2, -0.15) is 0 Å². The fourth-order valence-electron chi connectivity index (χ4n) is 3.68. The van der Waals surface area contributed by atoms with Gasteiger partial charge in [0.1, 0.15) is 17.5 Å². The van der Waals surface area contributed by atoms with Crippen molar-refractivity contribution in [1.82, 2.24) is 15.0 Å². The lowest BCUT2D eigenvalue weighted by Crippen LogP contribution is -2.40. The molecule has 4 N–H and O–H groups in total. The summed E-state index contributed by atoms with van der Waals surface area (Å²) in [6.45, 7) is 0.684. The van der Waals surface area contributed by atoms with Gasteiger partial charge >= 0.3 is 5.97 Å². The molecule has 0 radical (unpaired) electrons. The third-order valence-corrected chi connectivity index (χ3v) is 5.02. The number of nitrogens with one attached hydrogen (secondary N) is 1. The number of hydrogen-bond acceptors (Lipinski definition) is 5. The zero-order valence-corrected chi connectivity index (χ0v) is 15.3. The largest absolute Gasteiger partial charge is 0.481 e. The quantitative estimate of drug-likeness (QED) is 0.602. The minimum Gasteiger partial charge on any atom is -0.481 e. The van der Waals surface area contributed by atoms with Gasteiger partial charge in [0.05, 0.1) is 11.8 Å². The van der Waals surface area contributed by atoms with E-state index in [4.69, 9.17) is 15.8 Å². The third kappa shape index (κ3) is 3.40. The van der Waals surface area contributed by atoms with Crippen LogP contribution in [0.5, 0.6) is 0 Å². The lowest BCUT2D eigenvalue weighted by Gasteiger charge is -2.24. The molecule has 4 rings (SSSR count). The number of carboxylic acid groups (broad SMARTS) is 1. The predicted octanol–water partition coefficient (Wildman–Crippen LogP) is 2.10. The topological polar surface area (TPSA) is 125 Å². The molecule has 8 nitrogen and oxygen atoms in total. The Morgan fingerprint density at radius 1 is 1.25 bits per heavy atom. The van der Waals surface area contributed by atoms with E-state index in [1.54, 1.807) is 0 Å². The number of carbonyl (C=O) groups excluding carboxylic acids is 1. The van der Waals surface area contributed by atoms with Crippen LogP contribution in [-0.2, 0) is 16.0 Å². The molecule has 1 fully saturated rings. The predicted molar refractivity (Wildman–Crippen MR) is 105 cm³/mol. The number of primary amides is 1. The number of carboxylic acids is 1. The van der Waals surface area contributed by atoms with Crippen LogP contribution in [-0.4, -0.2) is 44.5 Å².